The normalized spacial score (nSPS) is 24.2. The second-order valence-electron chi connectivity index (χ2n) is 8.33. The van der Waals surface area contributed by atoms with Gasteiger partial charge in [-0.15, -0.1) is 0 Å². The molecule has 2 aliphatic rings. The molecule has 148 valence electrons. The number of nitrogens with zero attached hydrogens (tertiary/aromatic N) is 5. The number of halogens is 1. The minimum Gasteiger partial charge on any atom is -0.444 e. The largest absolute Gasteiger partial charge is 0.444 e. The van der Waals surface area contributed by atoms with Crippen molar-refractivity contribution in [1.29, 1.82) is 5.26 Å². The fraction of sp³-hybridized carbons (Fsp3) is 0.611. The summed E-state index contributed by atoms with van der Waals surface area (Å²) < 4.78 is 5.92. The van der Waals surface area contributed by atoms with Gasteiger partial charge in [-0.3, -0.25) is 5.10 Å². The van der Waals surface area contributed by atoms with E-state index in [1.807, 2.05) is 20.8 Å². The second-order valence-corrected chi connectivity index (χ2v) is 9.08. The highest BCUT2D eigenvalue weighted by Crippen LogP contribution is 2.39. The maximum absolute atomic E-state index is 12.1. The number of ether oxygens (including phenoxy) is 1. The van der Waals surface area contributed by atoms with Gasteiger partial charge in [0.2, 0.25) is 5.95 Å². The van der Waals surface area contributed by atoms with Gasteiger partial charge >= 0.3 is 6.09 Å². The average Bonchev–Trinajstić information content (AvgIpc) is 3.10. The molecule has 0 aromatic carbocycles. The number of carbonyl (C=O) groups is 1. The predicted octanol–water partition coefficient (Wildman–Crippen LogP) is 3.01. The molecule has 28 heavy (non-hydrogen) atoms. The quantitative estimate of drug-likeness (QED) is 0.725. The molecule has 2 aromatic heterocycles. The number of alkyl carbamates (subject to hydrolysis) is 1. The monoisotopic (exact) mass is 447 g/mol. The van der Waals surface area contributed by atoms with E-state index in [1.54, 1.807) is 0 Å². The summed E-state index contributed by atoms with van der Waals surface area (Å²) >= 11 is 3.33. The number of fused-ring (bicyclic) bond motifs is 3. The first-order valence-electron chi connectivity index (χ1n) is 9.34. The van der Waals surface area contributed by atoms with Gasteiger partial charge in [-0.1, -0.05) is 0 Å². The number of nitriles is 1. The number of rotatable bonds is 2. The number of anilines is 1. The van der Waals surface area contributed by atoms with Gasteiger partial charge in [-0.2, -0.15) is 15.3 Å². The SMILES string of the molecule is CC(C)(C)OC(=O)N[C@@H]1C[C@H]2CC[C@@H](C1)N2c1nc(C#N)c2c(Br)n[nH]c2n1. The summed E-state index contributed by atoms with van der Waals surface area (Å²) in [7, 11) is 0. The third kappa shape index (κ3) is 3.51. The standard InChI is InChI=1S/C18H22BrN7O2/c1-18(2,3)28-17(27)21-9-6-10-4-5-11(7-9)26(10)16-22-12(8-20)13-14(19)24-25-15(13)23-16/h9-11H,4-7H2,1-3H3,(H,21,27)(H,22,23,24,25)/t9-,10-,11+. The maximum atomic E-state index is 12.1. The van der Waals surface area contributed by atoms with Crippen molar-refractivity contribution in [1.82, 2.24) is 25.5 Å². The summed E-state index contributed by atoms with van der Waals surface area (Å²) in [5, 5.41) is 20.0. The molecule has 9 nitrogen and oxygen atoms in total. The molecule has 0 saturated carbocycles. The highest BCUT2D eigenvalue weighted by Gasteiger charge is 2.43. The molecule has 0 unspecified atom stereocenters. The molecule has 2 bridgehead atoms. The third-order valence-electron chi connectivity index (χ3n) is 5.15. The number of hydrogen-bond donors (Lipinski definition) is 2. The fourth-order valence-corrected chi connectivity index (χ4v) is 4.64. The van der Waals surface area contributed by atoms with Crippen LogP contribution >= 0.6 is 15.9 Å². The Kier molecular flexibility index (Phi) is 4.65. The fourth-order valence-electron chi connectivity index (χ4n) is 4.18. The minimum absolute atomic E-state index is 0.0593. The van der Waals surface area contributed by atoms with Gasteiger partial charge < -0.3 is 15.0 Å². The van der Waals surface area contributed by atoms with Crippen molar-refractivity contribution in [3.8, 4) is 6.07 Å². The van der Waals surface area contributed by atoms with Crippen LogP contribution in [0.5, 0.6) is 0 Å². The number of aromatic nitrogens is 4. The smallest absolute Gasteiger partial charge is 0.407 e. The van der Waals surface area contributed by atoms with Crippen LogP contribution in [0.15, 0.2) is 4.60 Å². The zero-order valence-corrected chi connectivity index (χ0v) is 17.6. The topological polar surface area (TPSA) is 120 Å². The van der Waals surface area contributed by atoms with Crippen LogP contribution in [0.25, 0.3) is 11.0 Å². The van der Waals surface area contributed by atoms with Crippen LogP contribution in [-0.4, -0.2) is 50.0 Å². The number of H-pyrrole nitrogens is 1. The van der Waals surface area contributed by atoms with E-state index < -0.39 is 5.60 Å². The molecule has 10 heteroatoms. The molecule has 2 aromatic rings. The van der Waals surface area contributed by atoms with Crippen molar-refractivity contribution in [3.63, 3.8) is 0 Å². The summed E-state index contributed by atoms with van der Waals surface area (Å²) in [5.41, 5.74) is 0.329. The number of nitrogens with one attached hydrogen (secondary N) is 2. The van der Waals surface area contributed by atoms with E-state index in [1.165, 1.54) is 0 Å². The Morgan fingerprint density at radius 3 is 2.61 bits per heavy atom. The van der Waals surface area contributed by atoms with Crippen molar-refractivity contribution in [3.05, 3.63) is 10.3 Å². The Morgan fingerprint density at radius 2 is 2.00 bits per heavy atom. The molecule has 2 N–H and O–H groups in total. The lowest BCUT2D eigenvalue weighted by Crippen LogP contribution is -2.51. The summed E-state index contributed by atoms with van der Waals surface area (Å²) in [4.78, 5) is 23.4. The highest BCUT2D eigenvalue weighted by molar-refractivity contribution is 9.10. The maximum Gasteiger partial charge on any atom is 0.407 e. The van der Waals surface area contributed by atoms with E-state index in [-0.39, 0.29) is 24.2 Å². The second kappa shape index (κ2) is 6.88. The Bertz CT molecular complexity index is 947. The van der Waals surface area contributed by atoms with E-state index in [9.17, 15) is 10.1 Å². The minimum atomic E-state index is -0.515. The van der Waals surface area contributed by atoms with E-state index in [4.69, 9.17) is 4.74 Å². The Labute approximate surface area is 171 Å². The van der Waals surface area contributed by atoms with Gasteiger partial charge in [-0.25, -0.2) is 9.78 Å². The highest BCUT2D eigenvalue weighted by atomic mass is 79.9. The molecule has 2 aliphatic heterocycles. The number of piperidine rings is 1. The average molecular weight is 448 g/mol. The van der Waals surface area contributed by atoms with Crippen LogP contribution in [0.4, 0.5) is 10.7 Å². The third-order valence-corrected chi connectivity index (χ3v) is 5.73. The van der Waals surface area contributed by atoms with E-state index in [2.05, 4.69) is 52.4 Å². The summed E-state index contributed by atoms with van der Waals surface area (Å²) in [5.74, 6) is 0.545. The number of aromatic amines is 1. The zero-order chi connectivity index (χ0) is 20.1. The van der Waals surface area contributed by atoms with Crippen molar-refractivity contribution < 1.29 is 9.53 Å². The molecule has 1 amide bonds. The van der Waals surface area contributed by atoms with Gasteiger partial charge in [0, 0.05) is 18.1 Å². The van der Waals surface area contributed by atoms with Crippen LogP contribution in [0.1, 0.15) is 52.1 Å². The zero-order valence-electron chi connectivity index (χ0n) is 16.0. The summed E-state index contributed by atoms with van der Waals surface area (Å²) in [6.07, 6.45) is 3.23. The van der Waals surface area contributed by atoms with Gasteiger partial charge in [0.1, 0.15) is 16.3 Å². The van der Waals surface area contributed by atoms with Crippen molar-refractivity contribution in [2.45, 2.75) is 70.2 Å². The van der Waals surface area contributed by atoms with Gasteiger partial charge in [0.15, 0.2) is 11.3 Å². The Morgan fingerprint density at radius 1 is 1.32 bits per heavy atom. The van der Waals surface area contributed by atoms with Gasteiger partial charge in [-0.05, 0) is 62.4 Å². The lowest BCUT2D eigenvalue weighted by Gasteiger charge is -2.39. The Balaban J connectivity index is 1.54. The molecule has 0 aliphatic carbocycles. The van der Waals surface area contributed by atoms with Crippen molar-refractivity contribution in [2.24, 2.45) is 0 Å². The number of hydrogen-bond acceptors (Lipinski definition) is 7. The van der Waals surface area contributed by atoms with Crippen LogP contribution in [0.3, 0.4) is 0 Å². The molecule has 4 heterocycles. The van der Waals surface area contributed by atoms with Crippen LogP contribution in [0, 0.1) is 11.3 Å². The van der Waals surface area contributed by atoms with E-state index >= 15 is 0 Å². The molecule has 0 radical (unpaired) electrons. The lowest BCUT2D eigenvalue weighted by atomic mass is 9.98. The summed E-state index contributed by atoms with van der Waals surface area (Å²) in [6.45, 7) is 5.56. The molecular formula is C18H22BrN7O2. The van der Waals surface area contributed by atoms with Crippen LogP contribution < -0.4 is 10.2 Å². The predicted molar refractivity (Wildman–Crippen MR) is 106 cm³/mol. The first-order chi connectivity index (χ1) is 13.2. The molecule has 4 rings (SSSR count). The first kappa shape index (κ1) is 18.9. The van der Waals surface area contributed by atoms with Gasteiger partial charge in [0.05, 0.1) is 5.39 Å². The summed E-state index contributed by atoms with van der Waals surface area (Å²) in [6, 6.07) is 2.63. The van der Waals surface area contributed by atoms with Crippen molar-refractivity contribution in [2.75, 3.05) is 4.90 Å². The van der Waals surface area contributed by atoms with Crippen LogP contribution in [-0.2, 0) is 4.74 Å². The molecule has 0 spiro atoms. The van der Waals surface area contributed by atoms with E-state index in [0.717, 1.165) is 25.7 Å². The first-order valence-corrected chi connectivity index (χ1v) is 10.1. The van der Waals surface area contributed by atoms with Crippen LogP contribution in [0.2, 0.25) is 0 Å². The van der Waals surface area contributed by atoms with E-state index in [0.29, 0.717) is 27.3 Å². The molecule has 2 saturated heterocycles. The van der Waals surface area contributed by atoms with Crippen molar-refractivity contribution >= 4 is 39.0 Å². The molecule has 3 atom stereocenters. The molecular weight excluding hydrogens is 426 g/mol. The number of amides is 1. The van der Waals surface area contributed by atoms with Gasteiger partial charge in [0.25, 0.3) is 0 Å². The number of carbonyl (C=O) groups excluding carboxylic acids is 1. The lowest BCUT2D eigenvalue weighted by molar-refractivity contribution is 0.0492. The Hall–Kier alpha value is -2.41. The molecule has 2 fully saturated rings.